The molecule has 0 aromatic heterocycles. The highest BCUT2D eigenvalue weighted by molar-refractivity contribution is 9.10. The number of rotatable bonds is 5. The van der Waals surface area contributed by atoms with Crippen molar-refractivity contribution in [2.24, 2.45) is 0 Å². The number of nitrogens with zero attached hydrogens (tertiary/aromatic N) is 1. The van der Waals surface area contributed by atoms with Crippen molar-refractivity contribution in [3.8, 4) is 0 Å². The van der Waals surface area contributed by atoms with E-state index in [-0.39, 0.29) is 11.5 Å². The van der Waals surface area contributed by atoms with Crippen LogP contribution in [-0.2, 0) is 4.74 Å². The van der Waals surface area contributed by atoms with Gasteiger partial charge in [0.2, 0.25) is 0 Å². The summed E-state index contributed by atoms with van der Waals surface area (Å²) in [5, 5.41) is 0. The van der Waals surface area contributed by atoms with Gasteiger partial charge in [0.05, 0.1) is 5.56 Å². The van der Waals surface area contributed by atoms with Gasteiger partial charge in [-0.2, -0.15) is 0 Å². The second-order valence-corrected chi connectivity index (χ2v) is 4.61. The molecule has 0 N–H and O–H groups in total. The zero-order valence-electron chi connectivity index (χ0n) is 9.87. The van der Waals surface area contributed by atoms with E-state index in [1.807, 2.05) is 0 Å². The Kier molecular flexibility index (Phi) is 5.58. The third-order valence-electron chi connectivity index (χ3n) is 2.35. The molecule has 0 saturated heterocycles. The van der Waals surface area contributed by atoms with Crippen molar-refractivity contribution < 1.29 is 13.9 Å². The molecule has 1 aromatic rings. The zero-order chi connectivity index (χ0) is 12.8. The monoisotopic (exact) mass is 303 g/mol. The number of carbonyl (C=O) groups excluding carboxylic acids is 1. The first-order valence-corrected chi connectivity index (χ1v) is 6.05. The Bertz CT molecular complexity index is 398. The second kappa shape index (κ2) is 6.71. The molecule has 5 heteroatoms. The van der Waals surface area contributed by atoms with E-state index in [0.717, 1.165) is 6.42 Å². The van der Waals surface area contributed by atoms with E-state index in [1.165, 1.54) is 17.0 Å². The normalized spacial score (nSPS) is 10.4. The minimum Gasteiger partial charge on any atom is -0.385 e. The number of amides is 1. The predicted octanol–water partition coefficient (Wildman–Crippen LogP) is 2.70. The molecule has 0 heterocycles. The highest BCUT2D eigenvalue weighted by atomic mass is 79.9. The highest BCUT2D eigenvalue weighted by Gasteiger charge is 2.15. The van der Waals surface area contributed by atoms with Crippen molar-refractivity contribution in [1.82, 2.24) is 4.90 Å². The molecule has 0 radical (unpaired) electrons. The fourth-order valence-electron chi connectivity index (χ4n) is 1.42. The standard InChI is InChI=1S/C12H15BrFNO2/c1-15(6-3-7-17-2)12(16)10-5-4-9(13)8-11(10)14/h4-5,8H,3,6-7H2,1-2H3. The van der Waals surface area contributed by atoms with E-state index >= 15 is 0 Å². The fraction of sp³-hybridized carbons (Fsp3) is 0.417. The Hall–Kier alpha value is -0.940. The lowest BCUT2D eigenvalue weighted by Gasteiger charge is -2.17. The summed E-state index contributed by atoms with van der Waals surface area (Å²) in [5.74, 6) is -0.825. The van der Waals surface area contributed by atoms with Gasteiger partial charge in [-0.25, -0.2) is 4.39 Å². The molecule has 17 heavy (non-hydrogen) atoms. The van der Waals surface area contributed by atoms with Crippen LogP contribution in [-0.4, -0.2) is 38.1 Å². The van der Waals surface area contributed by atoms with E-state index in [0.29, 0.717) is 17.6 Å². The first kappa shape index (κ1) is 14.1. The molecule has 0 aliphatic rings. The van der Waals surface area contributed by atoms with Gasteiger partial charge in [-0.05, 0) is 24.6 Å². The Labute approximate surface area is 109 Å². The van der Waals surface area contributed by atoms with E-state index in [1.54, 1.807) is 20.2 Å². The third kappa shape index (κ3) is 4.09. The van der Waals surface area contributed by atoms with Gasteiger partial charge in [-0.1, -0.05) is 15.9 Å². The molecule has 0 saturated carbocycles. The van der Waals surface area contributed by atoms with Crippen LogP contribution in [0.4, 0.5) is 4.39 Å². The van der Waals surface area contributed by atoms with E-state index in [4.69, 9.17) is 4.74 Å². The van der Waals surface area contributed by atoms with Gasteiger partial charge in [-0.15, -0.1) is 0 Å². The van der Waals surface area contributed by atoms with Crippen molar-refractivity contribution in [1.29, 1.82) is 0 Å². The lowest BCUT2D eigenvalue weighted by Crippen LogP contribution is -2.29. The summed E-state index contributed by atoms with van der Waals surface area (Å²) in [6.07, 6.45) is 0.733. The maximum absolute atomic E-state index is 13.5. The summed E-state index contributed by atoms with van der Waals surface area (Å²) in [4.78, 5) is 13.4. The van der Waals surface area contributed by atoms with Gasteiger partial charge in [0, 0.05) is 31.8 Å². The third-order valence-corrected chi connectivity index (χ3v) is 2.84. The van der Waals surface area contributed by atoms with Crippen LogP contribution in [0.5, 0.6) is 0 Å². The molecular weight excluding hydrogens is 289 g/mol. The Morgan fingerprint density at radius 1 is 1.53 bits per heavy atom. The van der Waals surface area contributed by atoms with Crippen LogP contribution in [0.3, 0.4) is 0 Å². The number of hydrogen-bond donors (Lipinski definition) is 0. The lowest BCUT2D eigenvalue weighted by atomic mass is 10.2. The molecule has 1 rings (SSSR count). The van der Waals surface area contributed by atoms with Crippen molar-refractivity contribution in [3.63, 3.8) is 0 Å². The lowest BCUT2D eigenvalue weighted by molar-refractivity contribution is 0.0775. The molecule has 0 atom stereocenters. The Morgan fingerprint density at radius 2 is 2.24 bits per heavy atom. The van der Waals surface area contributed by atoms with Gasteiger partial charge in [0.15, 0.2) is 0 Å². The predicted molar refractivity (Wildman–Crippen MR) is 67.6 cm³/mol. The first-order valence-electron chi connectivity index (χ1n) is 5.25. The summed E-state index contributed by atoms with van der Waals surface area (Å²) in [6, 6.07) is 4.42. The van der Waals surface area contributed by atoms with Crippen LogP contribution in [0.2, 0.25) is 0 Å². The van der Waals surface area contributed by atoms with Crippen molar-refractivity contribution in [3.05, 3.63) is 34.1 Å². The number of hydrogen-bond acceptors (Lipinski definition) is 2. The molecule has 3 nitrogen and oxygen atoms in total. The van der Waals surface area contributed by atoms with Crippen molar-refractivity contribution >= 4 is 21.8 Å². The number of halogens is 2. The quantitative estimate of drug-likeness (QED) is 0.783. The number of benzene rings is 1. The highest BCUT2D eigenvalue weighted by Crippen LogP contribution is 2.16. The molecule has 0 aliphatic carbocycles. The summed E-state index contributed by atoms with van der Waals surface area (Å²) in [5.41, 5.74) is 0.0908. The fourth-order valence-corrected chi connectivity index (χ4v) is 1.75. The van der Waals surface area contributed by atoms with E-state index in [2.05, 4.69) is 15.9 Å². The topological polar surface area (TPSA) is 29.5 Å². The molecule has 0 aliphatic heterocycles. The second-order valence-electron chi connectivity index (χ2n) is 3.70. The molecule has 0 spiro atoms. The molecule has 0 bridgehead atoms. The van der Waals surface area contributed by atoms with Crippen LogP contribution in [0.1, 0.15) is 16.8 Å². The van der Waals surface area contributed by atoms with Gasteiger partial charge in [0.25, 0.3) is 5.91 Å². The largest absolute Gasteiger partial charge is 0.385 e. The summed E-state index contributed by atoms with van der Waals surface area (Å²) in [6.45, 7) is 1.13. The van der Waals surface area contributed by atoms with Gasteiger partial charge in [0.1, 0.15) is 5.82 Å². The zero-order valence-corrected chi connectivity index (χ0v) is 11.5. The summed E-state index contributed by atoms with van der Waals surface area (Å²) < 4.78 is 19.1. The van der Waals surface area contributed by atoms with E-state index in [9.17, 15) is 9.18 Å². The number of carbonyl (C=O) groups is 1. The molecule has 0 fully saturated rings. The average molecular weight is 304 g/mol. The van der Waals surface area contributed by atoms with Gasteiger partial charge >= 0.3 is 0 Å². The molecular formula is C12H15BrFNO2. The number of ether oxygens (including phenoxy) is 1. The van der Waals surface area contributed by atoms with Crippen molar-refractivity contribution in [2.45, 2.75) is 6.42 Å². The number of methoxy groups -OCH3 is 1. The van der Waals surface area contributed by atoms with Gasteiger partial charge in [-0.3, -0.25) is 4.79 Å². The minimum atomic E-state index is -0.511. The van der Waals surface area contributed by atoms with Crippen LogP contribution in [0.25, 0.3) is 0 Å². The van der Waals surface area contributed by atoms with Crippen LogP contribution >= 0.6 is 15.9 Å². The maximum atomic E-state index is 13.5. The Morgan fingerprint density at radius 3 is 2.82 bits per heavy atom. The first-order chi connectivity index (χ1) is 8.06. The Balaban J connectivity index is 2.68. The van der Waals surface area contributed by atoms with E-state index < -0.39 is 5.82 Å². The minimum absolute atomic E-state index is 0.0908. The maximum Gasteiger partial charge on any atom is 0.256 e. The SMILES string of the molecule is COCCCN(C)C(=O)c1ccc(Br)cc1F. The van der Waals surface area contributed by atoms with Gasteiger partial charge < -0.3 is 9.64 Å². The van der Waals surface area contributed by atoms with Crippen LogP contribution < -0.4 is 0 Å². The molecule has 1 amide bonds. The average Bonchev–Trinajstić information content (AvgIpc) is 2.28. The summed E-state index contributed by atoms with van der Waals surface area (Å²) in [7, 11) is 3.26. The van der Waals surface area contributed by atoms with Crippen LogP contribution in [0.15, 0.2) is 22.7 Å². The molecule has 94 valence electrons. The smallest absolute Gasteiger partial charge is 0.256 e. The molecule has 0 unspecified atom stereocenters. The van der Waals surface area contributed by atoms with Crippen LogP contribution in [0, 0.1) is 5.82 Å². The van der Waals surface area contributed by atoms with Crippen molar-refractivity contribution in [2.75, 3.05) is 27.3 Å². The molecule has 1 aromatic carbocycles. The summed E-state index contributed by atoms with van der Waals surface area (Å²) >= 11 is 3.15.